The van der Waals surface area contributed by atoms with Crippen LogP contribution < -0.4 is 21.8 Å². The molecule has 3 unspecified atom stereocenters. The highest BCUT2D eigenvalue weighted by molar-refractivity contribution is 6.31. The van der Waals surface area contributed by atoms with Gasteiger partial charge in [0.1, 0.15) is 0 Å². The van der Waals surface area contributed by atoms with Crippen LogP contribution in [0.25, 0.3) is 21.8 Å². The van der Waals surface area contributed by atoms with E-state index >= 15 is 0 Å². The molecule has 0 spiro atoms. The number of rotatable bonds is 3. The summed E-state index contributed by atoms with van der Waals surface area (Å²) in [5.41, 5.74) is 0.679. The number of hydrogen-bond donors (Lipinski definition) is 0. The molecule has 2 aliphatic rings. The fraction of sp³-hybridized carbons (Fsp3) is 0.333. The highest BCUT2D eigenvalue weighted by Crippen LogP contribution is 2.46. The van der Waals surface area contributed by atoms with Crippen molar-refractivity contribution in [2.45, 2.75) is 19.4 Å². The third kappa shape index (κ3) is 3.04. The number of anilines is 1. The Morgan fingerprint density at radius 3 is 2.58 bits per heavy atom. The van der Waals surface area contributed by atoms with Crippen molar-refractivity contribution in [3.63, 3.8) is 0 Å². The summed E-state index contributed by atoms with van der Waals surface area (Å²) in [7, 11) is 1.72. The third-order valence-electron chi connectivity index (χ3n) is 7.01. The molecule has 2 aromatic carbocycles. The molecule has 1 saturated heterocycles. The Hall–Kier alpha value is -3.39. The Bertz CT molecular complexity index is 1630. The Morgan fingerprint density at radius 1 is 1.09 bits per heavy atom. The van der Waals surface area contributed by atoms with E-state index < -0.39 is 17.4 Å². The van der Waals surface area contributed by atoms with Gasteiger partial charge in [-0.1, -0.05) is 23.7 Å². The highest BCUT2D eigenvalue weighted by atomic mass is 35.5. The molecule has 2 aromatic heterocycles. The fourth-order valence-electron chi connectivity index (χ4n) is 5.16. The van der Waals surface area contributed by atoms with Crippen LogP contribution in [0.2, 0.25) is 5.02 Å². The Morgan fingerprint density at radius 2 is 1.82 bits per heavy atom. The van der Waals surface area contributed by atoms with E-state index in [1.54, 1.807) is 48.0 Å². The second-order valence-corrected chi connectivity index (χ2v) is 9.48. The fourth-order valence-corrected chi connectivity index (χ4v) is 5.39. The van der Waals surface area contributed by atoms with E-state index in [4.69, 9.17) is 21.0 Å². The average Bonchev–Trinajstić information content (AvgIpc) is 3.40. The lowest BCUT2D eigenvalue weighted by molar-refractivity contribution is 0.406. The lowest BCUT2D eigenvalue weighted by Gasteiger charge is -2.24. The molecule has 6 rings (SSSR count). The van der Waals surface area contributed by atoms with Gasteiger partial charge in [-0.2, -0.15) is 0 Å². The zero-order valence-corrected chi connectivity index (χ0v) is 18.9. The topological polar surface area (TPSA) is 90.3 Å². The predicted octanol–water partition coefficient (Wildman–Crippen LogP) is 2.92. The lowest BCUT2D eigenvalue weighted by Crippen LogP contribution is -2.32. The van der Waals surface area contributed by atoms with Crippen molar-refractivity contribution in [1.29, 1.82) is 0 Å². The molecule has 168 valence electrons. The molecule has 1 saturated carbocycles. The number of halogens is 1. The number of aromatic nitrogens is 3. The number of nitrogens with zero attached hydrogens (tertiary/aromatic N) is 4. The van der Waals surface area contributed by atoms with Crippen LogP contribution in [0.1, 0.15) is 24.9 Å². The summed E-state index contributed by atoms with van der Waals surface area (Å²) in [6.45, 7) is 3.59. The van der Waals surface area contributed by atoms with Crippen molar-refractivity contribution in [3.8, 4) is 0 Å². The molecule has 9 heteroatoms. The minimum absolute atomic E-state index is 0.191. The predicted molar refractivity (Wildman–Crippen MR) is 126 cm³/mol. The minimum Gasteiger partial charge on any atom is -0.372 e. The summed E-state index contributed by atoms with van der Waals surface area (Å²) in [6.07, 6.45) is 1.24. The number of para-hydroxylation sites is 1. The molecule has 8 nitrogen and oxygen atoms in total. The number of fused-ring (bicyclic) bond motifs is 3. The summed E-state index contributed by atoms with van der Waals surface area (Å²) in [5, 5.41) is 1.05. The van der Waals surface area contributed by atoms with Gasteiger partial charge in [0.25, 0.3) is 5.56 Å². The van der Waals surface area contributed by atoms with Gasteiger partial charge in [0.2, 0.25) is 5.95 Å². The maximum Gasteiger partial charge on any atom is 0.422 e. The number of hydrogen-bond acceptors (Lipinski definition) is 6. The first kappa shape index (κ1) is 20.2. The minimum atomic E-state index is -0.775. The average molecular weight is 465 g/mol. The van der Waals surface area contributed by atoms with Crippen LogP contribution in [0.3, 0.4) is 0 Å². The Kier molecular flexibility index (Phi) is 4.32. The molecule has 3 heterocycles. The molecule has 1 aliphatic heterocycles. The molecule has 0 radical (unpaired) electrons. The van der Waals surface area contributed by atoms with E-state index in [0.29, 0.717) is 50.2 Å². The van der Waals surface area contributed by atoms with Crippen LogP contribution in [0.5, 0.6) is 0 Å². The van der Waals surface area contributed by atoms with Crippen LogP contribution >= 0.6 is 11.6 Å². The van der Waals surface area contributed by atoms with Crippen LogP contribution in [0.4, 0.5) is 5.95 Å². The quantitative estimate of drug-likeness (QED) is 0.463. The van der Waals surface area contributed by atoms with E-state index in [1.807, 2.05) is 6.92 Å². The number of piperidine rings is 1. The van der Waals surface area contributed by atoms with E-state index in [9.17, 15) is 14.4 Å². The molecule has 1 aliphatic carbocycles. The maximum atomic E-state index is 13.3. The maximum absolute atomic E-state index is 13.3. The van der Waals surface area contributed by atoms with Gasteiger partial charge < -0.3 is 9.32 Å². The Balaban J connectivity index is 1.61. The van der Waals surface area contributed by atoms with E-state index in [0.717, 1.165) is 13.1 Å². The van der Waals surface area contributed by atoms with Crippen molar-refractivity contribution in [2.75, 3.05) is 18.0 Å². The van der Waals surface area contributed by atoms with Gasteiger partial charge in [-0.05, 0) is 49.4 Å². The molecule has 4 aromatic rings. The Labute approximate surface area is 192 Å². The van der Waals surface area contributed by atoms with Crippen molar-refractivity contribution in [3.05, 3.63) is 78.3 Å². The normalized spacial score (nSPS) is 20.4. The van der Waals surface area contributed by atoms with Gasteiger partial charge >= 0.3 is 11.4 Å². The molecule has 0 bridgehead atoms. The van der Waals surface area contributed by atoms with Crippen LogP contribution in [0, 0.1) is 11.8 Å². The summed E-state index contributed by atoms with van der Waals surface area (Å²) >= 11 is 6.41. The van der Waals surface area contributed by atoms with Gasteiger partial charge in [0, 0.05) is 30.7 Å². The molecule has 33 heavy (non-hydrogen) atoms. The van der Waals surface area contributed by atoms with Crippen LogP contribution in [-0.4, -0.2) is 27.2 Å². The van der Waals surface area contributed by atoms with Crippen LogP contribution in [-0.2, 0) is 7.05 Å². The second kappa shape index (κ2) is 7.05. The second-order valence-electron chi connectivity index (χ2n) is 9.05. The van der Waals surface area contributed by atoms with Gasteiger partial charge in [0.15, 0.2) is 0 Å². The van der Waals surface area contributed by atoms with Crippen molar-refractivity contribution in [2.24, 2.45) is 18.9 Å². The highest BCUT2D eigenvalue weighted by Gasteiger charge is 2.46. The zero-order chi connectivity index (χ0) is 23.0. The van der Waals surface area contributed by atoms with Crippen LogP contribution in [0.15, 0.2) is 55.2 Å². The zero-order valence-electron chi connectivity index (χ0n) is 18.1. The molecular formula is C24H21ClN4O4. The number of benzene rings is 2. The van der Waals surface area contributed by atoms with Gasteiger partial charge in [-0.3, -0.25) is 13.9 Å². The molecular weight excluding hydrogens is 444 g/mol. The standard InChI is InChI=1S/C24H21ClN4O4/c1-12(29-19-6-4-3-5-16(19)22(31)33-24(29)32)17-8-15(25)9-18-20(17)26-23(27(2)21(18)30)28-10-13-7-14(13)11-28/h3-6,8-9,12-14H,7,10-11H2,1-2H3. The summed E-state index contributed by atoms with van der Waals surface area (Å²) < 4.78 is 7.97. The van der Waals surface area contributed by atoms with E-state index in [-0.39, 0.29) is 5.56 Å². The summed E-state index contributed by atoms with van der Waals surface area (Å²) in [5.74, 6) is 1.20. The van der Waals surface area contributed by atoms with E-state index in [1.165, 1.54) is 11.0 Å². The van der Waals surface area contributed by atoms with Crippen molar-refractivity contribution >= 4 is 39.4 Å². The van der Waals surface area contributed by atoms with Gasteiger partial charge in [-0.15, -0.1) is 0 Å². The lowest BCUT2D eigenvalue weighted by atomic mass is 10.0. The van der Waals surface area contributed by atoms with Crippen molar-refractivity contribution < 1.29 is 4.42 Å². The van der Waals surface area contributed by atoms with Gasteiger partial charge in [0.05, 0.1) is 27.8 Å². The monoisotopic (exact) mass is 464 g/mol. The molecule has 3 atom stereocenters. The summed E-state index contributed by atoms with van der Waals surface area (Å²) in [4.78, 5) is 45.4. The largest absolute Gasteiger partial charge is 0.422 e. The first-order valence-corrected chi connectivity index (χ1v) is 11.3. The van der Waals surface area contributed by atoms with Crippen molar-refractivity contribution in [1.82, 2.24) is 14.1 Å². The summed E-state index contributed by atoms with van der Waals surface area (Å²) in [6, 6.07) is 9.53. The van der Waals surface area contributed by atoms with E-state index in [2.05, 4.69) is 4.90 Å². The smallest absolute Gasteiger partial charge is 0.372 e. The molecule has 0 amide bonds. The first-order valence-electron chi connectivity index (χ1n) is 10.9. The molecule has 2 fully saturated rings. The van der Waals surface area contributed by atoms with Gasteiger partial charge in [-0.25, -0.2) is 14.6 Å². The molecule has 0 N–H and O–H groups in total. The third-order valence-corrected chi connectivity index (χ3v) is 7.23. The first-order chi connectivity index (χ1) is 15.8. The SMILES string of the molecule is CC(c1cc(Cl)cc2c(=O)n(C)c(N3CC4CC4C3)nc12)n1c(=O)oc(=O)c2ccccc21.